The molecule has 0 aromatic rings. The molecule has 3 unspecified atom stereocenters. The van der Waals surface area contributed by atoms with Crippen LogP contribution in [0.2, 0.25) is 0 Å². The molecule has 0 bridgehead atoms. The van der Waals surface area contributed by atoms with Crippen LogP contribution in [-0.4, -0.2) is 16.5 Å². The normalized spacial score (nSPS) is 36.2. The zero-order valence-corrected chi connectivity index (χ0v) is 8.84. The fourth-order valence-electron chi connectivity index (χ4n) is 2.51. The summed E-state index contributed by atoms with van der Waals surface area (Å²) in [5.74, 6) is 0.495. The van der Waals surface area contributed by atoms with Crippen molar-refractivity contribution >= 4 is 5.78 Å². The Morgan fingerprint density at radius 1 is 1.69 bits per heavy atom. The molecule has 0 spiro atoms. The van der Waals surface area contributed by atoms with Crippen molar-refractivity contribution in [1.29, 1.82) is 0 Å². The van der Waals surface area contributed by atoms with Crippen molar-refractivity contribution < 1.29 is 9.90 Å². The van der Waals surface area contributed by atoms with Crippen LogP contribution in [-0.2, 0) is 4.79 Å². The highest BCUT2D eigenvalue weighted by atomic mass is 16.3. The number of hydrogen-bond donors (Lipinski definition) is 1. The molecular weight excluding hydrogens is 164 g/mol. The fourth-order valence-corrected chi connectivity index (χ4v) is 2.51. The maximum atomic E-state index is 11.5. The molecule has 0 heterocycles. The second kappa shape index (κ2) is 3.79. The Kier molecular flexibility index (Phi) is 3.12. The van der Waals surface area contributed by atoms with Gasteiger partial charge in [0.15, 0.2) is 0 Å². The molecule has 0 amide bonds. The van der Waals surface area contributed by atoms with Crippen LogP contribution in [0.4, 0.5) is 0 Å². The van der Waals surface area contributed by atoms with Crippen LogP contribution in [0.15, 0.2) is 0 Å². The number of Topliss-reactive ketones (excluding diaryl/α,β-unsaturated/α-hetero) is 1. The van der Waals surface area contributed by atoms with E-state index in [0.29, 0.717) is 6.42 Å². The van der Waals surface area contributed by atoms with Gasteiger partial charge in [0.1, 0.15) is 5.78 Å². The third-order valence-electron chi connectivity index (χ3n) is 3.46. The smallest absolute Gasteiger partial charge is 0.135 e. The molecule has 0 aromatic carbocycles. The van der Waals surface area contributed by atoms with E-state index in [1.165, 1.54) is 0 Å². The summed E-state index contributed by atoms with van der Waals surface area (Å²) in [5, 5.41) is 10.0. The summed E-state index contributed by atoms with van der Waals surface area (Å²) in [7, 11) is 0. The number of aliphatic hydroxyl groups is 1. The minimum Gasteiger partial charge on any atom is -0.390 e. The van der Waals surface area contributed by atoms with Gasteiger partial charge in [0.25, 0.3) is 0 Å². The molecule has 1 saturated carbocycles. The van der Waals surface area contributed by atoms with E-state index in [-0.39, 0.29) is 17.6 Å². The van der Waals surface area contributed by atoms with Gasteiger partial charge < -0.3 is 5.11 Å². The van der Waals surface area contributed by atoms with Crippen molar-refractivity contribution in [2.24, 2.45) is 11.8 Å². The molecule has 0 aliphatic heterocycles. The predicted molar refractivity (Wildman–Crippen MR) is 52.4 cm³/mol. The molecule has 2 heteroatoms. The Balaban J connectivity index is 2.66. The van der Waals surface area contributed by atoms with E-state index >= 15 is 0 Å². The molecule has 1 N–H and O–H groups in total. The Hall–Kier alpha value is -0.370. The first-order chi connectivity index (χ1) is 5.99. The number of hydrogen-bond acceptors (Lipinski definition) is 2. The van der Waals surface area contributed by atoms with Crippen molar-refractivity contribution in [3.8, 4) is 0 Å². The van der Waals surface area contributed by atoms with Gasteiger partial charge in [-0.05, 0) is 25.7 Å². The van der Waals surface area contributed by atoms with Gasteiger partial charge in [0.05, 0.1) is 5.60 Å². The largest absolute Gasteiger partial charge is 0.390 e. The lowest BCUT2D eigenvalue weighted by Crippen LogP contribution is -2.36. The second-order valence-electron chi connectivity index (χ2n) is 4.46. The molecule has 13 heavy (non-hydrogen) atoms. The van der Waals surface area contributed by atoms with E-state index in [9.17, 15) is 9.90 Å². The fraction of sp³-hybridized carbons (Fsp3) is 0.909. The maximum absolute atomic E-state index is 11.5. The summed E-state index contributed by atoms with van der Waals surface area (Å²) >= 11 is 0. The molecule has 0 saturated heterocycles. The van der Waals surface area contributed by atoms with Gasteiger partial charge in [-0.2, -0.15) is 0 Å². The van der Waals surface area contributed by atoms with Crippen LogP contribution < -0.4 is 0 Å². The Bertz CT molecular complexity index is 196. The van der Waals surface area contributed by atoms with E-state index in [0.717, 1.165) is 19.3 Å². The molecule has 1 fully saturated rings. The zero-order chi connectivity index (χ0) is 10.1. The van der Waals surface area contributed by atoms with E-state index in [2.05, 4.69) is 0 Å². The number of carbonyl (C=O) groups is 1. The van der Waals surface area contributed by atoms with Crippen LogP contribution in [0.3, 0.4) is 0 Å². The Labute approximate surface area is 80.3 Å². The summed E-state index contributed by atoms with van der Waals surface area (Å²) in [6.45, 7) is 5.71. The Morgan fingerprint density at radius 3 is 2.69 bits per heavy atom. The molecule has 0 radical (unpaired) electrons. The monoisotopic (exact) mass is 184 g/mol. The quantitative estimate of drug-likeness (QED) is 0.729. The first kappa shape index (κ1) is 10.7. The molecule has 1 aliphatic rings. The molecule has 0 aromatic heterocycles. The van der Waals surface area contributed by atoms with Crippen LogP contribution >= 0.6 is 0 Å². The lowest BCUT2D eigenvalue weighted by molar-refractivity contribution is -0.126. The van der Waals surface area contributed by atoms with E-state index in [4.69, 9.17) is 0 Å². The predicted octanol–water partition coefficient (Wildman–Crippen LogP) is 2.15. The van der Waals surface area contributed by atoms with Crippen molar-refractivity contribution in [2.75, 3.05) is 0 Å². The summed E-state index contributed by atoms with van der Waals surface area (Å²) in [6, 6.07) is 0. The van der Waals surface area contributed by atoms with Gasteiger partial charge >= 0.3 is 0 Å². The van der Waals surface area contributed by atoms with Crippen LogP contribution in [0.5, 0.6) is 0 Å². The average Bonchev–Trinajstić information content (AvgIpc) is 2.42. The minimum atomic E-state index is -0.607. The summed E-state index contributed by atoms with van der Waals surface area (Å²) in [5.41, 5.74) is -0.607. The van der Waals surface area contributed by atoms with Gasteiger partial charge in [0, 0.05) is 12.3 Å². The first-order valence-corrected chi connectivity index (χ1v) is 5.24. The maximum Gasteiger partial charge on any atom is 0.135 e. The highest BCUT2D eigenvalue weighted by molar-refractivity contribution is 5.80. The molecule has 1 aliphatic carbocycles. The van der Waals surface area contributed by atoms with Crippen LogP contribution in [0, 0.1) is 11.8 Å². The van der Waals surface area contributed by atoms with Gasteiger partial charge in [-0.3, -0.25) is 4.79 Å². The van der Waals surface area contributed by atoms with Crippen molar-refractivity contribution in [3.63, 3.8) is 0 Å². The number of carbonyl (C=O) groups excluding carboxylic acids is 1. The third kappa shape index (κ3) is 2.11. The third-order valence-corrected chi connectivity index (χ3v) is 3.46. The molecule has 2 nitrogen and oxygen atoms in total. The standard InChI is InChI=1S/C11H20O2/c1-4-10(12)8(2)9-6-5-7-11(9,3)13/h8-9,13H,4-7H2,1-3H3. The van der Waals surface area contributed by atoms with Crippen LogP contribution in [0.1, 0.15) is 46.5 Å². The van der Waals surface area contributed by atoms with Crippen LogP contribution in [0.25, 0.3) is 0 Å². The van der Waals surface area contributed by atoms with Gasteiger partial charge in [-0.25, -0.2) is 0 Å². The highest BCUT2D eigenvalue weighted by Crippen LogP contribution is 2.40. The number of ketones is 1. The van der Waals surface area contributed by atoms with Gasteiger partial charge in [0.2, 0.25) is 0 Å². The molecule has 1 rings (SSSR count). The number of rotatable bonds is 3. The van der Waals surface area contributed by atoms with E-state index in [1.807, 2.05) is 20.8 Å². The SMILES string of the molecule is CCC(=O)C(C)C1CCCC1(C)O. The summed E-state index contributed by atoms with van der Waals surface area (Å²) in [6.07, 6.45) is 3.49. The van der Waals surface area contributed by atoms with E-state index in [1.54, 1.807) is 0 Å². The summed E-state index contributed by atoms with van der Waals surface area (Å²) in [4.78, 5) is 11.5. The van der Waals surface area contributed by atoms with Crippen molar-refractivity contribution in [2.45, 2.75) is 52.1 Å². The van der Waals surface area contributed by atoms with Gasteiger partial charge in [-0.15, -0.1) is 0 Å². The lowest BCUT2D eigenvalue weighted by atomic mass is 9.80. The first-order valence-electron chi connectivity index (χ1n) is 5.24. The summed E-state index contributed by atoms with van der Waals surface area (Å²) < 4.78 is 0. The minimum absolute atomic E-state index is 0.0301. The Morgan fingerprint density at radius 2 is 2.31 bits per heavy atom. The molecule has 76 valence electrons. The highest BCUT2D eigenvalue weighted by Gasteiger charge is 2.41. The lowest BCUT2D eigenvalue weighted by Gasteiger charge is -2.29. The van der Waals surface area contributed by atoms with Crippen molar-refractivity contribution in [3.05, 3.63) is 0 Å². The van der Waals surface area contributed by atoms with E-state index < -0.39 is 5.60 Å². The average molecular weight is 184 g/mol. The van der Waals surface area contributed by atoms with Gasteiger partial charge in [-0.1, -0.05) is 20.3 Å². The zero-order valence-electron chi connectivity index (χ0n) is 8.84. The molecule has 3 atom stereocenters. The molecular formula is C11H20O2. The van der Waals surface area contributed by atoms with Crippen molar-refractivity contribution in [1.82, 2.24) is 0 Å². The second-order valence-corrected chi connectivity index (χ2v) is 4.46. The topological polar surface area (TPSA) is 37.3 Å².